The number of carbonyl (C=O) groups excluding carboxylic acids is 1. The number of halogens is 2. The van der Waals surface area contributed by atoms with Gasteiger partial charge < -0.3 is 10.6 Å². The molecule has 0 radical (unpaired) electrons. The predicted octanol–water partition coefficient (Wildman–Crippen LogP) is 4.04. The molecule has 0 atom stereocenters. The van der Waals surface area contributed by atoms with Gasteiger partial charge in [0.05, 0.1) is 10.0 Å². The summed E-state index contributed by atoms with van der Waals surface area (Å²) in [6.07, 6.45) is 3.45. The number of benzene rings is 1. The molecule has 1 amide bonds. The fourth-order valence-corrected chi connectivity index (χ4v) is 2.31. The lowest BCUT2D eigenvalue weighted by molar-refractivity contribution is 0.102. The van der Waals surface area contributed by atoms with Gasteiger partial charge in [0.15, 0.2) is 5.82 Å². The lowest BCUT2D eigenvalue weighted by Gasteiger charge is -2.07. The summed E-state index contributed by atoms with van der Waals surface area (Å²) >= 11 is 11.8. The number of rotatable bonds is 5. The van der Waals surface area contributed by atoms with Crippen LogP contribution in [0.15, 0.2) is 54.9 Å². The summed E-state index contributed by atoms with van der Waals surface area (Å²) in [6.45, 7) is 0.603. The highest BCUT2D eigenvalue weighted by molar-refractivity contribution is 6.42. The fourth-order valence-electron chi connectivity index (χ4n) is 2.01. The fraction of sp³-hybridized carbons (Fsp3) is 0.0588. The second-order valence-electron chi connectivity index (χ2n) is 5.10. The molecule has 0 unspecified atom stereocenters. The largest absolute Gasteiger partial charge is 0.365 e. The molecule has 1 aromatic carbocycles. The summed E-state index contributed by atoms with van der Waals surface area (Å²) in [4.78, 5) is 16.1. The quantitative estimate of drug-likeness (QED) is 0.705. The Labute approximate surface area is 154 Å². The van der Waals surface area contributed by atoms with Gasteiger partial charge in [-0.2, -0.15) is 0 Å². The molecule has 6 nitrogen and oxygen atoms in total. The van der Waals surface area contributed by atoms with Gasteiger partial charge in [0.2, 0.25) is 0 Å². The van der Waals surface area contributed by atoms with Crippen molar-refractivity contribution in [3.05, 3.63) is 76.0 Å². The van der Waals surface area contributed by atoms with E-state index in [4.69, 9.17) is 23.2 Å². The Bertz CT molecular complexity index is 872. The van der Waals surface area contributed by atoms with E-state index in [-0.39, 0.29) is 5.91 Å². The Kier molecular flexibility index (Phi) is 5.42. The van der Waals surface area contributed by atoms with Gasteiger partial charge in [-0.05, 0) is 48.0 Å². The van der Waals surface area contributed by atoms with E-state index in [1.165, 1.54) is 6.07 Å². The molecule has 0 saturated carbocycles. The van der Waals surface area contributed by atoms with Gasteiger partial charge in [-0.25, -0.2) is 0 Å². The van der Waals surface area contributed by atoms with Gasteiger partial charge in [-0.1, -0.05) is 23.2 Å². The average molecular weight is 374 g/mol. The van der Waals surface area contributed by atoms with Crippen LogP contribution in [0.25, 0.3) is 0 Å². The summed E-state index contributed by atoms with van der Waals surface area (Å²) in [5.74, 6) is 0.597. The van der Waals surface area contributed by atoms with Crippen LogP contribution in [-0.4, -0.2) is 21.1 Å². The highest BCUT2D eigenvalue weighted by Gasteiger charge is 2.09. The van der Waals surface area contributed by atoms with Crippen molar-refractivity contribution in [3.8, 4) is 0 Å². The van der Waals surface area contributed by atoms with Crippen LogP contribution in [0.1, 0.15) is 15.9 Å². The number of nitrogens with zero attached hydrogens (tertiary/aromatic N) is 3. The Morgan fingerprint density at radius 2 is 1.64 bits per heavy atom. The first-order valence-corrected chi connectivity index (χ1v) is 8.10. The van der Waals surface area contributed by atoms with Gasteiger partial charge in [-0.3, -0.25) is 9.78 Å². The summed E-state index contributed by atoms with van der Waals surface area (Å²) in [5.41, 5.74) is 1.46. The zero-order valence-electron chi connectivity index (χ0n) is 12.9. The van der Waals surface area contributed by atoms with Gasteiger partial charge in [0, 0.05) is 24.5 Å². The molecule has 2 N–H and O–H groups in total. The second-order valence-corrected chi connectivity index (χ2v) is 5.91. The van der Waals surface area contributed by atoms with Gasteiger partial charge in [0.25, 0.3) is 5.91 Å². The van der Waals surface area contributed by atoms with E-state index in [9.17, 15) is 4.79 Å². The highest BCUT2D eigenvalue weighted by Crippen LogP contribution is 2.23. The molecule has 0 aliphatic carbocycles. The third-order valence-electron chi connectivity index (χ3n) is 3.31. The van der Waals surface area contributed by atoms with Gasteiger partial charge >= 0.3 is 0 Å². The maximum absolute atomic E-state index is 12.2. The first-order valence-electron chi connectivity index (χ1n) is 7.35. The Morgan fingerprint density at radius 3 is 2.32 bits per heavy atom. The number of anilines is 2. The molecule has 2 heterocycles. The lowest BCUT2D eigenvalue weighted by atomic mass is 10.2. The SMILES string of the molecule is O=C(Nc1ccc(NCc2ccncc2)nn1)c1ccc(Cl)c(Cl)c1. The van der Waals surface area contributed by atoms with Crippen LogP contribution in [0, 0.1) is 0 Å². The van der Waals surface area contributed by atoms with Crippen molar-refractivity contribution in [2.45, 2.75) is 6.54 Å². The zero-order chi connectivity index (χ0) is 17.6. The van der Waals surface area contributed by atoms with E-state index in [0.29, 0.717) is 33.8 Å². The molecule has 3 aromatic rings. The molecule has 0 bridgehead atoms. The minimum absolute atomic E-state index is 0.316. The minimum atomic E-state index is -0.342. The van der Waals surface area contributed by atoms with E-state index in [1.807, 2.05) is 12.1 Å². The van der Waals surface area contributed by atoms with Crippen LogP contribution in [0.2, 0.25) is 10.0 Å². The molecule has 2 aromatic heterocycles. The third-order valence-corrected chi connectivity index (χ3v) is 4.05. The number of amides is 1. The first-order chi connectivity index (χ1) is 12.1. The molecule has 25 heavy (non-hydrogen) atoms. The van der Waals surface area contributed by atoms with E-state index < -0.39 is 0 Å². The summed E-state index contributed by atoms with van der Waals surface area (Å²) in [5, 5.41) is 14.5. The van der Waals surface area contributed by atoms with Crippen molar-refractivity contribution in [2.75, 3.05) is 10.6 Å². The standard InChI is InChI=1S/C17H13Cl2N5O/c18-13-2-1-12(9-14(13)19)17(25)22-16-4-3-15(23-24-16)21-10-11-5-7-20-8-6-11/h1-9H,10H2,(H,21,23)(H,22,24,25). The van der Waals surface area contributed by atoms with E-state index >= 15 is 0 Å². The number of carbonyl (C=O) groups is 1. The molecular weight excluding hydrogens is 361 g/mol. The minimum Gasteiger partial charge on any atom is -0.365 e. The Hall–Kier alpha value is -2.70. The van der Waals surface area contributed by atoms with Crippen LogP contribution in [-0.2, 0) is 6.54 Å². The summed E-state index contributed by atoms with van der Waals surface area (Å²) < 4.78 is 0. The van der Waals surface area contributed by atoms with Crippen molar-refractivity contribution in [1.29, 1.82) is 0 Å². The van der Waals surface area contributed by atoms with E-state index in [1.54, 1.807) is 36.7 Å². The predicted molar refractivity (Wildman–Crippen MR) is 98.0 cm³/mol. The van der Waals surface area contributed by atoms with Gasteiger partial charge in [-0.15, -0.1) is 10.2 Å². The van der Waals surface area contributed by atoms with Crippen LogP contribution < -0.4 is 10.6 Å². The van der Waals surface area contributed by atoms with Crippen LogP contribution >= 0.6 is 23.2 Å². The normalized spacial score (nSPS) is 10.3. The first kappa shape index (κ1) is 17.1. The molecule has 0 aliphatic heterocycles. The van der Waals surface area contributed by atoms with Crippen LogP contribution in [0.3, 0.4) is 0 Å². The number of hydrogen-bond acceptors (Lipinski definition) is 5. The monoisotopic (exact) mass is 373 g/mol. The van der Waals surface area contributed by atoms with Crippen LogP contribution in [0.4, 0.5) is 11.6 Å². The number of pyridine rings is 1. The number of aromatic nitrogens is 3. The molecule has 0 fully saturated rings. The maximum atomic E-state index is 12.2. The van der Waals surface area contributed by atoms with Crippen molar-refractivity contribution in [1.82, 2.24) is 15.2 Å². The molecule has 0 spiro atoms. The van der Waals surface area contributed by atoms with Crippen molar-refractivity contribution < 1.29 is 4.79 Å². The molecule has 3 rings (SSSR count). The average Bonchev–Trinajstić information content (AvgIpc) is 2.64. The smallest absolute Gasteiger partial charge is 0.256 e. The lowest BCUT2D eigenvalue weighted by Crippen LogP contribution is -2.13. The van der Waals surface area contributed by atoms with Crippen molar-refractivity contribution >= 4 is 40.7 Å². The maximum Gasteiger partial charge on any atom is 0.256 e. The van der Waals surface area contributed by atoms with Gasteiger partial charge in [0.1, 0.15) is 5.82 Å². The summed E-state index contributed by atoms with van der Waals surface area (Å²) in [6, 6.07) is 11.9. The highest BCUT2D eigenvalue weighted by atomic mass is 35.5. The molecule has 126 valence electrons. The molecule has 0 saturated heterocycles. The van der Waals surface area contributed by atoms with Crippen molar-refractivity contribution in [2.24, 2.45) is 0 Å². The molecular formula is C17H13Cl2N5O. The van der Waals surface area contributed by atoms with E-state index in [2.05, 4.69) is 25.8 Å². The number of nitrogens with one attached hydrogen (secondary N) is 2. The van der Waals surface area contributed by atoms with E-state index in [0.717, 1.165) is 5.56 Å². The molecule has 8 heteroatoms. The van der Waals surface area contributed by atoms with Crippen molar-refractivity contribution in [3.63, 3.8) is 0 Å². The number of hydrogen-bond donors (Lipinski definition) is 2. The summed E-state index contributed by atoms with van der Waals surface area (Å²) in [7, 11) is 0. The topological polar surface area (TPSA) is 79.8 Å². The third kappa shape index (κ3) is 4.65. The molecule has 0 aliphatic rings. The Balaban J connectivity index is 1.60. The Morgan fingerprint density at radius 1 is 0.920 bits per heavy atom. The zero-order valence-corrected chi connectivity index (χ0v) is 14.4. The van der Waals surface area contributed by atoms with Crippen LogP contribution in [0.5, 0.6) is 0 Å². The second kappa shape index (κ2) is 7.92.